The summed E-state index contributed by atoms with van der Waals surface area (Å²) in [7, 11) is 0. The van der Waals surface area contributed by atoms with E-state index in [1.54, 1.807) is 0 Å². The standard InChI is InChI=1S/C14H16Cl2N2O2/c15-8-11(16)13(19)18-14(20)17-12-7-3-5-9-4-1-2-6-10(9)12/h3,5,7,11H,1-2,4,6,8H2,(H2,17,18,19,20). The third-order valence-electron chi connectivity index (χ3n) is 3.30. The second-order valence-electron chi connectivity index (χ2n) is 4.72. The first-order valence-electron chi connectivity index (χ1n) is 6.54. The van der Waals surface area contributed by atoms with E-state index < -0.39 is 17.3 Å². The van der Waals surface area contributed by atoms with Crippen LogP contribution in [0.3, 0.4) is 0 Å². The quantitative estimate of drug-likeness (QED) is 0.842. The van der Waals surface area contributed by atoms with Crippen LogP contribution in [0.25, 0.3) is 0 Å². The van der Waals surface area contributed by atoms with Crippen LogP contribution in [0.15, 0.2) is 18.2 Å². The first-order chi connectivity index (χ1) is 9.61. The van der Waals surface area contributed by atoms with Gasteiger partial charge in [0.1, 0.15) is 5.38 Å². The van der Waals surface area contributed by atoms with Gasteiger partial charge in [0.25, 0.3) is 0 Å². The van der Waals surface area contributed by atoms with E-state index in [9.17, 15) is 9.59 Å². The third kappa shape index (κ3) is 3.64. The number of alkyl halides is 2. The molecule has 4 nitrogen and oxygen atoms in total. The number of halogens is 2. The number of fused-ring (bicyclic) bond motifs is 1. The molecule has 0 fully saturated rings. The van der Waals surface area contributed by atoms with Crippen LogP contribution in [0.1, 0.15) is 24.0 Å². The van der Waals surface area contributed by atoms with E-state index >= 15 is 0 Å². The average Bonchev–Trinajstić information content (AvgIpc) is 2.46. The molecule has 1 aliphatic carbocycles. The molecule has 0 radical (unpaired) electrons. The fraction of sp³-hybridized carbons (Fsp3) is 0.429. The van der Waals surface area contributed by atoms with Gasteiger partial charge in [-0.1, -0.05) is 12.1 Å². The molecule has 20 heavy (non-hydrogen) atoms. The molecule has 0 spiro atoms. The van der Waals surface area contributed by atoms with Gasteiger partial charge in [-0.2, -0.15) is 0 Å². The number of hydrogen-bond donors (Lipinski definition) is 2. The van der Waals surface area contributed by atoms with Crippen molar-refractivity contribution in [2.24, 2.45) is 0 Å². The van der Waals surface area contributed by atoms with Crippen molar-refractivity contribution in [2.45, 2.75) is 31.1 Å². The number of imide groups is 1. The third-order valence-corrected chi connectivity index (χ3v) is 4.12. The van der Waals surface area contributed by atoms with Crippen molar-refractivity contribution in [1.82, 2.24) is 5.32 Å². The van der Waals surface area contributed by atoms with Crippen molar-refractivity contribution in [3.05, 3.63) is 29.3 Å². The molecule has 108 valence electrons. The fourth-order valence-corrected chi connectivity index (χ4v) is 2.51. The maximum absolute atomic E-state index is 11.8. The van der Waals surface area contributed by atoms with Gasteiger partial charge in [0, 0.05) is 11.6 Å². The molecule has 1 atom stereocenters. The Morgan fingerprint density at radius 3 is 2.75 bits per heavy atom. The van der Waals surface area contributed by atoms with Gasteiger partial charge in [0.2, 0.25) is 5.91 Å². The molecule has 0 saturated heterocycles. The Kier molecular flexibility index (Phi) is 5.26. The minimum Gasteiger partial charge on any atom is -0.307 e. The van der Waals surface area contributed by atoms with Gasteiger partial charge in [0.15, 0.2) is 0 Å². The lowest BCUT2D eigenvalue weighted by molar-refractivity contribution is -0.119. The molecule has 2 rings (SSSR count). The van der Waals surface area contributed by atoms with Crippen molar-refractivity contribution in [1.29, 1.82) is 0 Å². The summed E-state index contributed by atoms with van der Waals surface area (Å²) < 4.78 is 0. The number of anilines is 1. The summed E-state index contributed by atoms with van der Waals surface area (Å²) in [6.45, 7) is 0. The lowest BCUT2D eigenvalue weighted by Gasteiger charge is -2.19. The molecule has 2 N–H and O–H groups in total. The molecule has 0 aromatic heterocycles. The van der Waals surface area contributed by atoms with Crippen LogP contribution in [0.5, 0.6) is 0 Å². The number of aryl methyl sites for hydroxylation is 1. The number of nitrogens with one attached hydrogen (secondary N) is 2. The topological polar surface area (TPSA) is 58.2 Å². The summed E-state index contributed by atoms with van der Waals surface area (Å²) in [6.07, 6.45) is 4.26. The highest BCUT2D eigenvalue weighted by molar-refractivity contribution is 6.36. The summed E-state index contributed by atoms with van der Waals surface area (Å²) in [5, 5.41) is 3.98. The number of amides is 3. The zero-order valence-corrected chi connectivity index (χ0v) is 12.4. The highest BCUT2D eigenvalue weighted by Gasteiger charge is 2.18. The smallest absolute Gasteiger partial charge is 0.307 e. The lowest BCUT2D eigenvalue weighted by Crippen LogP contribution is -2.39. The van der Waals surface area contributed by atoms with Crippen LogP contribution in [0, 0.1) is 0 Å². The summed E-state index contributed by atoms with van der Waals surface area (Å²) >= 11 is 11.1. The van der Waals surface area contributed by atoms with Crippen LogP contribution >= 0.6 is 23.2 Å². The minimum atomic E-state index is -0.910. The molecular weight excluding hydrogens is 299 g/mol. The van der Waals surface area contributed by atoms with Gasteiger partial charge in [-0.25, -0.2) is 4.79 Å². The highest BCUT2D eigenvalue weighted by Crippen LogP contribution is 2.27. The Labute approximate surface area is 127 Å². The SMILES string of the molecule is O=C(NC(=O)C(Cl)CCl)Nc1cccc2c1CCCC2. The molecule has 1 aromatic rings. The van der Waals surface area contributed by atoms with Crippen molar-refractivity contribution in [3.63, 3.8) is 0 Å². The van der Waals surface area contributed by atoms with E-state index in [0.29, 0.717) is 0 Å². The van der Waals surface area contributed by atoms with E-state index in [-0.39, 0.29) is 5.88 Å². The van der Waals surface area contributed by atoms with Gasteiger partial charge in [-0.15, -0.1) is 23.2 Å². The van der Waals surface area contributed by atoms with Crippen LogP contribution in [0.4, 0.5) is 10.5 Å². The molecule has 0 aliphatic heterocycles. The normalized spacial score (nSPS) is 15.1. The molecule has 0 saturated carbocycles. The van der Waals surface area contributed by atoms with Crippen molar-refractivity contribution in [2.75, 3.05) is 11.2 Å². The lowest BCUT2D eigenvalue weighted by atomic mass is 9.90. The summed E-state index contributed by atoms with van der Waals surface area (Å²) in [6, 6.07) is 5.24. The second-order valence-corrected chi connectivity index (χ2v) is 5.55. The molecule has 3 amide bonds. The van der Waals surface area contributed by atoms with Crippen molar-refractivity contribution in [3.8, 4) is 0 Å². The van der Waals surface area contributed by atoms with Gasteiger partial charge >= 0.3 is 6.03 Å². The Morgan fingerprint density at radius 2 is 2.00 bits per heavy atom. The summed E-state index contributed by atoms with van der Waals surface area (Å²) in [4.78, 5) is 23.3. The van der Waals surface area contributed by atoms with E-state index in [4.69, 9.17) is 23.2 Å². The molecule has 6 heteroatoms. The van der Waals surface area contributed by atoms with Crippen LogP contribution < -0.4 is 10.6 Å². The van der Waals surface area contributed by atoms with Gasteiger partial charge < -0.3 is 5.32 Å². The van der Waals surface area contributed by atoms with Crippen molar-refractivity contribution >= 4 is 40.8 Å². The number of benzene rings is 1. The van der Waals surface area contributed by atoms with E-state index in [1.165, 1.54) is 12.0 Å². The van der Waals surface area contributed by atoms with Crippen LogP contribution in [-0.4, -0.2) is 23.2 Å². The monoisotopic (exact) mass is 314 g/mol. The van der Waals surface area contributed by atoms with Gasteiger partial charge in [0.05, 0.1) is 0 Å². The maximum atomic E-state index is 11.8. The van der Waals surface area contributed by atoms with Gasteiger partial charge in [-0.3, -0.25) is 10.1 Å². The maximum Gasteiger partial charge on any atom is 0.325 e. The van der Waals surface area contributed by atoms with Crippen LogP contribution in [0.2, 0.25) is 0 Å². The number of urea groups is 1. The Morgan fingerprint density at radius 1 is 1.25 bits per heavy atom. The molecule has 1 aliphatic rings. The Balaban J connectivity index is 2.03. The van der Waals surface area contributed by atoms with Gasteiger partial charge in [-0.05, 0) is 42.9 Å². The zero-order valence-electron chi connectivity index (χ0n) is 10.9. The van der Waals surface area contributed by atoms with E-state index in [1.807, 2.05) is 12.1 Å². The van der Waals surface area contributed by atoms with E-state index in [2.05, 4.69) is 16.7 Å². The predicted octanol–water partition coefficient (Wildman–Crippen LogP) is 3.06. The molecule has 1 unspecified atom stereocenters. The molecule has 1 aromatic carbocycles. The second kappa shape index (κ2) is 6.95. The minimum absolute atomic E-state index is 0.0403. The first-order valence-corrected chi connectivity index (χ1v) is 7.51. The molecular formula is C14H16Cl2N2O2. The number of rotatable bonds is 3. The summed E-state index contributed by atoms with van der Waals surface area (Å²) in [5.74, 6) is -0.634. The predicted molar refractivity (Wildman–Crippen MR) is 80.6 cm³/mol. The zero-order chi connectivity index (χ0) is 14.5. The fourth-order valence-electron chi connectivity index (χ4n) is 2.31. The average molecular weight is 315 g/mol. The molecule has 0 heterocycles. The number of carbonyl (C=O) groups excluding carboxylic acids is 2. The van der Waals surface area contributed by atoms with Crippen molar-refractivity contribution < 1.29 is 9.59 Å². The van der Waals surface area contributed by atoms with Crippen LogP contribution in [-0.2, 0) is 17.6 Å². The Hall–Kier alpha value is -1.26. The van der Waals surface area contributed by atoms with E-state index in [0.717, 1.165) is 30.5 Å². The summed E-state index contributed by atoms with van der Waals surface area (Å²) in [5.41, 5.74) is 3.17. The largest absolute Gasteiger partial charge is 0.325 e. The first kappa shape index (κ1) is 15.1. The number of hydrogen-bond acceptors (Lipinski definition) is 2. The Bertz CT molecular complexity index is 520. The highest BCUT2D eigenvalue weighted by atomic mass is 35.5. The number of carbonyl (C=O) groups is 2. The molecule has 0 bridgehead atoms.